The molecule has 0 aliphatic heterocycles. The van der Waals surface area contributed by atoms with Crippen molar-refractivity contribution in [1.29, 1.82) is 0 Å². The van der Waals surface area contributed by atoms with Crippen molar-refractivity contribution in [3.63, 3.8) is 0 Å². The van der Waals surface area contributed by atoms with Gasteiger partial charge in [0.25, 0.3) is 5.91 Å². The van der Waals surface area contributed by atoms with Crippen LogP contribution >= 0.6 is 11.6 Å². The molecule has 4 saturated carbocycles. The van der Waals surface area contributed by atoms with Crippen LogP contribution in [0.5, 0.6) is 0 Å². The van der Waals surface area contributed by atoms with Gasteiger partial charge in [-0.25, -0.2) is 0 Å². The standard InChI is InChI=1S/C31H34ClN3O/c1-2-33-30(36)26-5-3-4-6-28(26)34-24-8-10-25(11-9-24)35-29-12-7-23(16-27(29)32)31-17-20-13-21(18-31)15-22(14-20)19-31/h3-12,16,20-22,34-35H,2,13-15,17-19H2,1H3,(H,33,36). The molecule has 0 aromatic heterocycles. The van der Waals surface area contributed by atoms with E-state index < -0.39 is 0 Å². The summed E-state index contributed by atoms with van der Waals surface area (Å²) in [6.45, 7) is 2.52. The zero-order valence-electron chi connectivity index (χ0n) is 20.8. The van der Waals surface area contributed by atoms with Gasteiger partial charge >= 0.3 is 0 Å². The lowest BCUT2D eigenvalue weighted by molar-refractivity contribution is -0.00517. The van der Waals surface area contributed by atoms with E-state index in [2.05, 4.69) is 34.1 Å². The number of anilines is 4. The van der Waals surface area contributed by atoms with Crippen molar-refractivity contribution >= 4 is 40.3 Å². The first kappa shape index (κ1) is 23.4. The van der Waals surface area contributed by atoms with Crippen LogP contribution in [0.3, 0.4) is 0 Å². The number of halogens is 1. The Labute approximate surface area is 218 Å². The summed E-state index contributed by atoms with van der Waals surface area (Å²) < 4.78 is 0. The summed E-state index contributed by atoms with van der Waals surface area (Å²) in [5.74, 6) is 2.69. The minimum absolute atomic E-state index is 0.0782. The van der Waals surface area contributed by atoms with Gasteiger partial charge in [-0.05, 0) is 123 Å². The maximum absolute atomic E-state index is 12.4. The van der Waals surface area contributed by atoms with Crippen LogP contribution in [0.4, 0.5) is 22.7 Å². The molecule has 3 aromatic rings. The Balaban J connectivity index is 1.15. The topological polar surface area (TPSA) is 53.2 Å². The fraction of sp³-hybridized carbons (Fsp3) is 0.387. The first-order valence-electron chi connectivity index (χ1n) is 13.3. The van der Waals surface area contributed by atoms with Crippen LogP contribution in [-0.2, 0) is 5.41 Å². The number of nitrogens with one attached hydrogen (secondary N) is 3. The highest BCUT2D eigenvalue weighted by Crippen LogP contribution is 2.61. The lowest BCUT2D eigenvalue weighted by Gasteiger charge is -2.57. The van der Waals surface area contributed by atoms with Gasteiger partial charge in [0.2, 0.25) is 0 Å². The van der Waals surface area contributed by atoms with Crippen molar-refractivity contribution in [3.05, 3.63) is 82.9 Å². The van der Waals surface area contributed by atoms with Crippen LogP contribution in [0.15, 0.2) is 66.7 Å². The smallest absolute Gasteiger partial charge is 0.253 e. The van der Waals surface area contributed by atoms with Gasteiger partial charge in [-0.2, -0.15) is 0 Å². The van der Waals surface area contributed by atoms with Gasteiger partial charge in [-0.15, -0.1) is 0 Å². The molecule has 0 heterocycles. The molecule has 4 aliphatic rings. The monoisotopic (exact) mass is 499 g/mol. The molecule has 5 heteroatoms. The highest BCUT2D eigenvalue weighted by Gasteiger charge is 2.51. The summed E-state index contributed by atoms with van der Waals surface area (Å²) in [7, 11) is 0. The first-order valence-corrected chi connectivity index (χ1v) is 13.7. The van der Waals surface area contributed by atoms with Gasteiger partial charge in [0.15, 0.2) is 0 Å². The average molecular weight is 500 g/mol. The number of hydrogen-bond donors (Lipinski definition) is 3. The third kappa shape index (κ3) is 4.48. The second kappa shape index (κ2) is 9.48. The van der Waals surface area contributed by atoms with Gasteiger partial charge in [0.1, 0.15) is 0 Å². The van der Waals surface area contributed by atoms with E-state index in [0.717, 1.165) is 45.5 Å². The molecule has 0 atom stereocenters. The third-order valence-electron chi connectivity index (χ3n) is 8.57. The van der Waals surface area contributed by atoms with Gasteiger partial charge in [-0.1, -0.05) is 29.8 Å². The average Bonchev–Trinajstić information content (AvgIpc) is 2.86. The predicted octanol–water partition coefficient (Wildman–Crippen LogP) is 8.04. The van der Waals surface area contributed by atoms with Gasteiger partial charge in [-0.3, -0.25) is 4.79 Å². The number of amides is 1. The summed E-state index contributed by atoms with van der Waals surface area (Å²) in [5, 5.41) is 10.5. The van der Waals surface area contributed by atoms with Crippen LogP contribution in [0.2, 0.25) is 5.02 Å². The number of hydrogen-bond acceptors (Lipinski definition) is 3. The van der Waals surface area contributed by atoms with E-state index >= 15 is 0 Å². The van der Waals surface area contributed by atoms with E-state index in [4.69, 9.17) is 11.6 Å². The van der Waals surface area contributed by atoms with E-state index in [1.807, 2.05) is 55.5 Å². The van der Waals surface area contributed by atoms with E-state index in [1.165, 1.54) is 44.1 Å². The Morgan fingerprint density at radius 1 is 0.833 bits per heavy atom. The zero-order chi connectivity index (χ0) is 24.7. The summed E-state index contributed by atoms with van der Waals surface area (Å²) in [6, 6.07) is 22.3. The molecular weight excluding hydrogens is 466 g/mol. The van der Waals surface area contributed by atoms with E-state index in [1.54, 1.807) is 0 Å². The molecule has 186 valence electrons. The molecule has 1 amide bonds. The van der Waals surface area contributed by atoms with Crippen LogP contribution in [0.1, 0.15) is 61.4 Å². The minimum atomic E-state index is -0.0782. The summed E-state index contributed by atoms with van der Waals surface area (Å²) in [5.41, 5.74) is 6.05. The Morgan fingerprint density at radius 3 is 2.00 bits per heavy atom. The Hall–Kier alpha value is -2.98. The third-order valence-corrected chi connectivity index (χ3v) is 8.88. The number of carbonyl (C=O) groups is 1. The SMILES string of the molecule is CCNC(=O)c1ccccc1Nc1ccc(Nc2ccc(C34CC5CC(CC(C5)C3)C4)cc2Cl)cc1. The van der Waals surface area contributed by atoms with E-state index in [9.17, 15) is 4.79 Å². The van der Waals surface area contributed by atoms with Crippen molar-refractivity contribution in [2.45, 2.75) is 50.9 Å². The molecule has 36 heavy (non-hydrogen) atoms. The van der Waals surface area contributed by atoms with E-state index in [0.29, 0.717) is 17.5 Å². The minimum Gasteiger partial charge on any atom is -0.355 e. The second-order valence-corrected chi connectivity index (χ2v) is 11.5. The van der Waals surface area contributed by atoms with Crippen molar-refractivity contribution < 1.29 is 4.79 Å². The fourth-order valence-electron chi connectivity index (χ4n) is 7.40. The highest BCUT2D eigenvalue weighted by molar-refractivity contribution is 6.33. The lowest BCUT2D eigenvalue weighted by Crippen LogP contribution is -2.48. The summed E-state index contributed by atoms with van der Waals surface area (Å²) >= 11 is 6.82. The Morgan fingerprint density at radius 2 is 1.42 bits per heavy atom. The van der Waals surface area contributed by atoms with Gasteiger partial charge in [0, 0.05) is 17.9 Å². The summed E-state index contributed by atoms with van der Waals surface area (Å²) in [4.78, 5) is 12.4. The number of benzene rings is 3. The maximum atomic E-state index is 12.4. The van der Waals surface area contributed by atoms with Gasteiger partial charge in [0.05, 0.1) is 22.0 Å². The molecule has 4 fully saturated rings. The molecular formula is C31H34ClN3O. The Bertz CT molecular complexity index is 1230. The van der Waals surface area contributed by atoms with Gasteiger partial charge < -0.3 is 16.0 Å². The molecule has 4 nitrogen and oxygen atoms in total. The van der Waals surface area contributed by atoms with Crippen molar-refractivity contribution in [1.82, 2.24) is 5.32 Å². The van der Waals surface area contributed by atoms with Crippen LogP contribution < -0.4 is 16.0 Å². The van der Waals surface area contributed by atoms with Crippen LogP contribution in [0, 0.1) is 17.8 Å². The quantitative estimate of drug-likeness (QED) is 0.308. The normalized spacial score (nSPS) is 26.0. The molecule has 4 bridgehead atoms. The molecule has 0 unspecified atom stereocenters. The Kier molecular flexibility index (Phi) is 6.17. The first-order chi connectivity index (χ1) is 17.5. The molecule has 0 spiro atoms. The molecule has 4 aliphatic carbocycles. The number of para-hydroxylation sites is 1. The fourth-order valence-corrected chi connectivity index (χ4v) is 7.63. The van der Waals surface area contributed by atoms with E-state index in [-0.39, 0.29) is 5.91 Å². The molecule has 0 saturated heterocycles. The molecule has 7 rings (SSSR count). The largest absolute Gasteiger partial charge is 0.355 e. The highest BCUT2D eigenvalue weighted by atomic mass is 35.5. The zero-order valence-corrected chi connectivity index (χ0v) is 21.6. The number of carbonyl (C=O) groups excluding carboxylic acids is 1. The lowest BCUT2D eigenvalue weighted by atomic mass is 9.48. The predicted molar refractivity (Wildman–Crippen MR) is 149 cm³/mol. The molecule has 3 N–H and O–H groups in total. The number of rotatable bonds is 7. The van der Waals surface area contributed by atoms with Crippen molar-refractivity contribution in [2.75, 3.05) is 17.2 Å². The maximum Gasteiger partial charge on any atom is 0.253 e. The summed E-state index contributed by atoms with van der Waals surface area (Å²) in [6.07, 6.45) is 8.40. The molecule has 3 aromatic carbocycles. The van der Waals surface area contributed by atoms with Crippen LogP contribution in [-0.4, -0.2) is 12.5 Å². The second-order valence-electron chi connectivity index (χ2n) is 11.1. The van der Waals surface area contributed by atoms with Crippen molar-refractivity contribution in [3.8, 4) is 0 Å². The van der Waals surface area contributed by atoms with Crippen molar-refractivity contribution in [2.24, 2.45) is 17.8 Å². The molecule has 0 radical (unpaired) electrons. The van der Waals surface area contributed by atoms with Crippen LogP contribution in [0.25, 0.3) is 0 Å².